The second-order valence-corrected chi connectivity index (χ2v) is 6.77. The van der Waals surface area contributed by atoms with Crippen LogP contribution in [0.25, 0.3) is 0 Å². The molecule has 1 aliphatic rings. The van der Waals surface area contributed by atoms with Crippen LogP contribution in [0.5, 0.6) is 0 Å². The number of halogens is 1. The normalized spacial score (nSPS) is 14.5. The molecule has 0 amide bonds. The van der Waals surface area contributed by atoms with Crippen LogP contribution in [0.15, 0.2) is 40.2 Å². The Hall–Kier alpha value is -1.46. The van der Waals surface area contributed by atoms with Crippen LogP contribution < -0.4 is 10.5 Å². The van der Waals surface area contributed by atoms with Gasteiger partial charge in [-0.15, -0.1) is 11.8 Å². The molecule has 0 radical (unpaired) electrons. The number of nitrogens with zero attached hydrogens (tertiary/aromatic N) is 3. The second-order valence-electron chi connectivity index (χ2n) is 5.23. The Bertz CT molecular complexity index is 714. The average molecular weight is 336 g/mol. The predicted molar refractivity (Wildman–Crippen MR) is 92.0 cm³/mol. The van der Waals surface area contributed by atoms with Crippen molar-refractivity contribution in [1.29, 1.82) is 0 Å². The number of fused-ring (bicyclic) bond motifs is 1. The Labute approximate surface area is 139 Å². The fraction of sp³-hybridized carbons (Fsp3) is 0.375. The Morgan fingerprint density at radius 3 is 2.82 bits per heavy atom. The molecule has 116 valence electrons. The van der Waals surface area contributed by atoms with E-state index in [2.05, 4.69) is 10.00 Å². The standard InChI is InChI=1S/C16H18ClN3OS/c1-2-20-16(21)15-14(10-18-20)19(8-3-9-22-15)11-12-4-6-13(17)7-5-12/h4-7,10H,2-3,8-9,11H2,1H3. The second kappa shape index (κ2) is 6.75. The zero-order valence-corrected chi connectivity index (χ0v) is 14.0. The fourth-order valence-corrected chi connectivity index (χ4v) is 3.74. The van der Waals surface area contributed by atoms with Crippen LogP contribution in [-0.2, 0) is 13.1 Å². The first-order valence-electron chi connectivity index (χ1n) is 7.41. The lowest BCUT2D eigenvalue weighted by atomic mass is 10.2. The smallest absolute Gasteiger partial charge is 0.282 e. The highest BCUT2D eigenvalue weighted by atomic mass is 35.5. The summed E-state index contributed by atoms with van der Waals surface area (Å²) >= 11 is 7.59. The molecular formula is C16H18ClN3OS. The van der Waals surface area contributed by atoms with Gasteiger partial charge in [-0.05, 0) is 36.8 Å². The molecule has 3 rings (SSSR count). The van der Waals surface area contributed by atoms with E-state index in [9.17, 15) is 4.79 Å². The van der Waals surface area contributed by atoms with E-state index in [0.29, 0.717) is 6.54 Å². The Kier molecular flexibility index (Phi) is 4.74. The maximum atomic E-state index is 12.5. The van der Waals surface area contributed by atoms with Crippen molar-refractivity contribution in [3.8, 4) is 0 Å². The molecular weight excluding hydrogens is 318 g/mol. The van der Waals surface area contributed by atoms with Crippen molar-refractivity contribution >= 4 is 29.1 Å². The van der Waals surface area contributed by atoms with Crippen molar-refractivity contribution in [3.63, 3.8) is 0 Å². The highest BCUT2D eigenvalue weighted by molar-refractivity contribution is 7.99. The molecule has 0 aliphatic carbocycles. The molecule has 0 fully saturated rings. The van der Waals surface area contributed by atoms with Gasteiger partial charge in [-0.3, -0.25) is 4.79 Å². The van der Waals surface area contributed by atoms with Crippen LogP contribution in [0, 0.1) is 0 Å². The summed E-state index contributed by atoms with van der Waals surface area (Å²) in [5.41, 5.74) is 2.15. The van der Waals surface area contributed by atoms with Crippen molar-refractivity contribution in [2.24, 2.45) is 0 Å². The van der Waals surface area contributed by atoms with Gasteiger partial charge in [0.05, 0.1) is 16.8 Å². The minimum absolute atomic E-state index is 0.0213. The SMILES string of the molecule is CCn1ncc2c(c1=O)SCCCN2Cc1ccc(Cl)cc1. The molecule has 0 N–H and O–H groups in total. The molecule has 0 saturated carbocycles. The lowest BCUT2D eigenvalue weighted by Crippen LogP contribution is -2.29. The van der Waals surface area contributed by atoms with Crippen LogP contribution in [0.4, 0.5) is 5.69 Å². The van der Waals surface area contributed by atoms with Gasteiger partial charge in [0, 0.05) is 24.7 Å². The molecule has 0 atom stereocenters. The van der Waals surface area contributed by atoms with Gasteiger partial charge in [0.1, 0.15) is 0 Å². The van der Waals surface area contributed by atoms with E-state index in [0.717, 1.165) is 40.9 Å². The number of thioether (sulfide) groups is 1. The first-order valence-corrected chi connectivity index (χ1v) is 8.77. The van der Waals surface area contributed by atoms with E-state index in [1.165, 1.54) is 10.2 Å². The molecule has 1 aromatic carbocycles. The third-order valence-corrected chi connectivity index (χ3v) is 5.14. The highest BCUT2D eigenvalue weighted by Gasteiger charge is 2.20. The lowest BCUT2D eigenvalue weighted by Gasteiger charge is -2.24. The zero-order valence-electron chi connectivity index (χ0n) is 12.5. The molecule has 6 heteroatoms. The number of aromatic nitrogens is 2. The Morgan fingerprint density at radius 1 is 1.32 bits per heavy atom. The molecule has 0 bridgehead atoms. The maximum absolute atomic E-state index is 12.5. The third-order valence-electron chi connectivity index (χ3n) is 3.73. The van der Waals surface area contributed by atoms with Crippen molar-refractivity contribution in [2.75, 3.05) is 17.2 Å². The van der Waals surface area contributed by atoms with E-state index in [1.54, 1.807) is 11.8 Å². The van der Waals surface area contributed by atoms with Crippen LogP contribution in [0.1, 0.15) is 18.9 Å². The number of aryl methyl sites for hydroxylation is 1. The summed E-state index contributed by atoms with van der Waals surface area (Å²) in [6.45, 7) is 4.24. The number of hydrogen-bond acceptors (Lipinski definition) is 4. The summed E-state index contributed by atoms with van der Waals surface area (Å²) in [5.74, 6) is 0.965. The molecule has 2 aromatic rings. The van der Waals surface area contributed by atoms with Crippen LogP contribution in [0.2, 0.25) is 5.02 Å². The number of benzene rings is 1. The fourth-order valence-electron chi connectivity index (χ4n) is 2.57. The number of anilines is 1. The third kappa shape index (κ3) is 3.15. The minimum atomic E-state index is 0.0213. The Balaban J connectivity index is 1.95. The summed E-state index contributed by atoms with van der Waals surface area (Å²) in [6.07, 6.45) is 2.88. The molecule has 1 aliphatic heterocycles. The van der Waals surface area contributed by atoms with E-state index in [-0.39, 0.29) is 5.56 Å². The van der Waals surface area contributed by atoms with Gasteiger partial charge in [0.15, 0.2) is 0 Å². The van der Waals surface area contributed by atoms with Crippen molar-refractivity contribution in [1.82, 2.24) is 9.78 Å². The van der Waals surface area contributed by atoms with Gasteiger partial charge in [-0.25, -0.2) is 4.68 Å². The average Bonchev–Trinajstić information content (AvgIpc) is 2.73. The molecule has 0 spiro atoms. The van der Waals surface area contributed by atoms with Crippen LogP contribution in [0.3, 0.4) is 0 Å². The first-order chi connectivity index (χ1) is 10.7. The van der Waals surface area contributed by atoms with Gasteiger partial charge in [-0.2, -0.15) is 5.10 Å². The molecule has 0 saturated heterocycles. The summed E-state index contributed by atoms with van der Waals surface area (Å²) in [7, 11) is 0. The van der Waals surface area contributed by atoms with Gasteiger partial charge < -0.3 is 4.90 Å². The topological polar surface area (TPSA) is 38.1 Å². The summed E-state index contributed by atoms with van der Waals surface area (Å²) in [6, 6.07) is 7.86. The van der Waals surface area contributed by atoms with Gasteiger partial charge >= 0.3 is 0 Å². The highest BCUT2D eigenvalue weighted by Crippen LogP contribution is 2.31. The van der Waals surface area contributed by atoms with Crippen molar-refractivity contribution in [2.45, 2.75) is 31.3 Å². The largest absolute Gasteiger partial charge is 0.365 e. The van der Waals surface area contributed by atoms with Gasteiger partial charge in [0.2, 0.25) is 0 Å². The molecule has 0 unspecified atom stereocenters. The van der Waals surface area contributed by atoms with Gasteiger partial charge in [0.25, 0.3) is 5.56 Å². The molecule has 22 heavy (non-hydrogen) atoms. The summed E-state index contributed by atoms with van der Waals surface area (Å²) < 4.78 is 1.53. The summed E-state index contributed by atoms with van der Waals surface area (Å²) in [4.78, 5) is 15.5. The first kappa shape index (κ1) is 15.4. The van der Waals surface area contributed by atoms with E-state index < -0.39 is 0 Å². The Morgan fingerprint density at radius 2 is 2.09 bits per heavy atom. The van der Waals surface area contributed by atoms with E-state index >= 15 is 0 Å². The van der Waals surface area contributed by atoms with Crippen molar-refractivity contribution < 1.29 is 0 Å². The monoisotopic (exact) mass is 335 g/mol. The quantitative estimate of drug-likeness (QED) is 0.861. The zero-order chi connectivity index (χ0) is 15.5. The lowest BCUT2D eigenvalue weighted by molar-refractivity contribution is 0.599. The van der Waals surface area contributed by atoms with E-state index in [4.69, 9.17) is 11.6 Å². The van der Waals surface area contributed by atoms with E-state index in [1.807, 2.05) is 37.4 Å². The minimum Gasteiger partial charge on any atom is -0.365 e. The number of rotatable bonds is 3. The number of hydrogen-bond donors (Lipinski definition) is 0. The molecule has 4 nitrogen and oxygen atoms in total. The predicted octanol–water partition coefficient (Wildman–Crippen LogP) is 3.42. The van der Waals surface area contributed by atoms with Crippen LogP contribution in [-0.4, -0.2) is 22.1 Å². The summed E-state index contributed by atoms with van der Waals surface area (Å²) in [5, 5.41) is 5.02. The van der Waals surface area contributed by atoms with Crippen LogP contribution >= 0.6 is 23.4 Å². The molecule has 1 aromatic heterocycles. The van der Waals surface area contributed by atoms with Gasteiger partial charge in [-0.1, -0.05) is 23.7 Å². The molecule has 2 heterocycles. The maximum Gasteiger partial charge on any atom is 0.282 e. The van der Waals surface area contributed by atoms with Crippen molar-refractivity contribution in [3.05, 3.63) is 51.4 Å².